The largest absolute Gasteiger partial charge is 0.439 e. The fourth-order valence-corrected chi connectivity index (χ4v) is 2.80. The highest BCUT2D eigenvalue weighted by atomic mass is 19.1. The summed E-state index contributed by atoms with van der Waals surface area (Å²) in [5.74, 6) is 0.707. The summed E-state index contributed by atoms with van der Waals surface area (Å²) in [6, 6.07) is 21.9. The van der Waals surface area contributed by atoms with Gasteiger partial charge in [0.25, 0.3) is 5.91 Å². The van der Waals surface area contributed by atoms with Gasteiger partial charge in [0, 0.05) is 29.1 Å². The summed E-state index contributed by atoms with van der Waals surface area (Å²) in [6.07, 6.45) is 1.63. The third-order valence-corrected chi connectivity index (χ3v) is 4.36. The molecule has 0 aliphatic carbocycles. The Kier molecular flexibility index (Phi) is 5.48. The Balaban J connectivity index is 1.50. The minimum atomic E-state index is -0.363. The van der Waals surface area contributed by atoms with E-state index in [9.17, 15) is 9.18 Å². The van der Waals surface area contributed by atoms with Gasteiger partial charge in [-0.1, -0.05) is 35.9 Å². The third-order valence-electron chi connectivity index (χ3n) is 4.36. The van der Waals surface area contributed by atoms with Crippen LogP contribution >= 0.6 is 0 Å². The highest BCUT2D eigenvalue weighted by Gasteiger charge is 2.09. The number of carbonyl (C=O) groups excluding carboxylic acids is 1. The van der Waals surface area contributed by atoms with Crippen molar-refractivity contribution in [1.29, 1.82) is 0 Å². The Labute approximate surface area is 173 Å². The molecule has 0 fully saturated rings. The number of rotatable bonds is 5. The van der Waals surface area contributed by atoms with Crippen molar-refractivity contribution in [2.45, 2.75) is 6.92 Å². The first-order chi connectivity index (χ1) is 14.6. The van der Waals surface area contributed by atoms with Crippen molar-refractivity contribution in [3.05, 3.63) is 102 Å². The number of benzene rings is 3. The number of halogens is 1. The smallest absolute Gasteiger partial charge is 0.255 e. The van der Waals surface area contributed by atoms with Crippen molar-refractivity contribution in [1.82, 2.24) is 9.97 Å². The van der Waals surface area contributed by atoms with Gasteiger partial charge in [-0.15, -0.1) is 0 Å². The van der Waals surface area contributed by atoms with E-state index in [2.05, 4.69) is 15.3 Å². The molecule has 1 heterocycles. The van der Waals surface area contributed by atoms with Crippen molar-refractivity contribution in [2.75, 3.05) is 5.32 Å². The summed E-state index contributed by atoms with van der Waals surface area (Å²) in [5.41, 5.74) is 2.95. The zero-order valence-corrected chi connectivity index (χ0v) is 16.2. The topological polar surface area (TPSA) is 64.1 Å². The standard InChI is InChI=1S/C24H18FN3O2/c1-16-5-7-17(8-6-16)23-26-14-13-22(28-23)30-21-4-2-3-18(15-21)24(29)27-20-11-9-19(25)10-12-20/h2-15H,1H3,(H,27,29). The lowest BCUT2D eigenvalue weighted by molar-refractivity contribution is 0.102. The molecule has 0 saturated heterocycles. The van der Waals surface area contributed by atoms with Gasteiger partial charge in [0.1, 0.15) is 11.6 Å². The van der Waals surface area contributed by atoms with Gasteiger partial charge in [-0.05, 0) is 49.4 Å². The van der Waals surface area contributed by atoms with Crippen molar-refractivity contribution in [3.8, 4) is 23.0 Å². The maximum atomic E-state index is 13.0. The number of hydrogen-bond donors (Lipinski definition) is 1. The van der Waals surface area contributed by atoms with Crippen LogP contribution in [-0.2, 0) is 0 Å². The summed E-state index contributed by atoms with van der Waals surface area (Å²) in [5, 5.41) is 2.72. The van der Waals surface area contributed by atoms with Crippen LogP contribution in [0.3, 0.4) is 0 Å². The van der Waals surface area contributed by atoms with Gasteiger partial charge in [0.15, 0.2) is 5.82 Å². The number of aromatic nitrogens is 2. The normalized spacial score (nSPS) is 10.5. The van der Waals surface area contributed by atoms with Gasteiger partial charge >= 0.3 is 0 Å². The molecule has 30 heavy (non-hydrogen) atoms. The van der Waals surface area contributed by atoms with Crippen molar-refractivity contribution >= 4 is 11.6 Å². The molecule has 5 nitrogen and oxygen atoms in total. The van der Waals surface area contributed by atoms with E-state index in [1.807, 2.05) is 31.2 Å². The van der Waals surface area contributed by atoms with E-state index in [1.165, 1.54) is 24.3 Å². The van der Waals surface area contributed by atoms with Crippen LogP contribution in [0.25, 0.3) is 11.4 Å². The first kappa shape index (κ1) is 19.3. The number of amides is 1. The highest BCUT2D eigenvalue weighted by Crippen LogP contribution is 2.23. The lowest BCUT2D eigenvalue weighted by Gasteiger charge is -2.09. The first-order valence-electron chi connectivity index (χ1n) is 9.32. The van der Waals surface area contributed by atoms with Gasteiger partial charge in [-0.25, -0.2) is 9.37 Å². The molecule has 0 atom stereocenters. The lowest BCUT2D eigenvalue weighted by atomic mass is 10.1. The quantitative estimate of drug-likeness (QED) is 0.472. The molecule has 0 spiro atoms. The van der Waals surface area contributed by atoms with Crippen LogP contribution in [0, 0.1) is 12.7 Å². The first-order valence-corrected chi connectivity index (χ1v) is 9.32. The molecule has 4 rings (SSSR count). The van der Waals surface area contributed by atoms with Gasteiger partial charge in [0.05, 0.1) is 0 Å². The summed E-state index contributed by atoms with van der Waals surface area (Å²) in [4.78, 5) is 21.2. The molecule has 1 N–H and O–H groups in total. The predicted octanol–water partition coefficient (Wildman–Crippen LogP) is 5.64. The molecule has 1 amide bonds. The Morgan fingerprint density at radius 2 is 1.73 bits per heavy atom. The number of aryl methyl sites for hydroxylation is 1. The minimum Gasteiger partial charge on any atom is -0.439 e. The molecule has 148 valence electrons. The van der Waals surface area contributed by atoms with Crippen LogP contribution in [0.15, 0.2) is 85.1 Å². The van der Waals surface area contributed by atoms with Gasteiger partial charge in [-0.2, -0.15) is 4.98 Å². The second kappa shape index (κ2) is 8.53. The van der Waals surface area contributed by atoms with E-state index in [-0.39, 0.29) is 11.7 Å². The van der Waals surface area contributed by atoms with E-state index in [1.54, 1.807) is 36.5 Å². The summed E-state index contributed by atoms with van der Waals surface area (Å²) < 4.78 is 18.9. The summed E-state index contributed by atoms with van der Waals surface area (Å²) in [7, 11) is 0. The molecule has 0 saturated carbocycles. The molecule has 0 aliphatic rings. The van der Waals surface area contributed by atoms with E-state index in [0.29, 0.717) is 28.7 Å². The van der Waals surface area contributed by atoms with E-state index >= 15 is 0 Å². The molecule has 3 aromatic carbocycles. The zero-order chi connectivity index (χ0) is 20.9. The van der Waals surface area contributed by atoms with Crippen LogP contribution < -0.4 is 10.1 Å². The van der Waals surface area contributed by atoms with Crippen LogP contribution in [0.1, 0.15) is 15.9 Å². The molecule has 6 heteroatoms. The Morgan fingerprint density at radius 3 is 2.50 bits per heavy atom. The van der Waals surface area contributed by atoms with Crippen LogP contribution in [0.2, 0.25) is 0 Å². The number of nitrogens with zero attached hydrogens (tertiary/aromatic N) is 2. The van der Waals surface area contributed by atoms with E-state index < -0.39 is 0 Å². The summed E-state index contributed by atoms with van der Waals surface area (Å²) in [6.45, 7) is 2.02. The molecular formula is C24H18FN3O2. The van der Waals surface area contributed by atoms with Gasteiger partial charge < -0.3 is 10.1 Å². The Morgan fingerprint density at radius 1 is 0.967 bits per heavy atom. The van der Waals surface area contributed by atoms with Crippen molar-refractivity contribution in [3.63, 3.8) is 0 Å². The molecule has 0 radical (unpaired) electrons. The zero-order valence-electron chi connectivity index (χ0n) is 16.2. The SMILES string of the molecule is Cc1ccc(-c2nccc(Oc3cccc(C(=O)Nc4ccc(F)cc4)c3)n2)cc1. The van der Waals surface area contributed by atoms with Gasteiger partial charge in [0.2, 0.25) is 5.88 Å². The second-order valence-electron chi connectivity index (χ2n) is 6.68. The molecule has 1 aromatic heterocycles. The minimum absolute atomic E-state index is 0.324. The Bertz CT molecular complexity index is 1180. The van der Waals surface area contributed by atoms with Crippen LogP contribution in [-0.4, -0.2) is 15.9 Å². The molecule has 0 aliphatic heterocycles. The predicted molar refractivity (Wildman–Crippen MR) is 113 cm³/mol. The Hall–Kier alpha value is -4.06. The van der Waals surface area contributed by atoms with Crippen LogP contribution in [0.5, 0.6) is 11.6 Å². The lowest BCUT2D eigenvalue weighted by Crippen LogP contribution is -2.11. The molecule has 0 unspecified atom stereocenters. The number of hydrogen-bond acceptors (Lipinski definition) is 4. The monoisotopic (exact) mass is 399 g/mol. The molecular weight excluding hydrogens is 381 g/mol. The van der Waals surface area contributed by atoms with Gasteiger partial charge in [-0.3, -0.25) is 4.79 Å². The number of carbonyl (C=O) groups is 1. The average molecular weight is 399 g/mol. The van der Waals surface area contributed by atoms with Crippen molar-refractivity contribution < 1.29 is 13.9 Å². The molecule has 4 aromatic rings. The van der Waals surface area contributed by atoms with E-state index in [4.69, 9.17) is 4.74 Å². The highest BCUT2D eigenvalue weighted by molar-refractivity contribution is 6.04. The molecule has 0 bridgehead atoms. The maximum Gasteiger partial charge on any atom is 0.255 e. The maximum absolute atomic E-state index is 13.0. The summed E-state index contributed by atoms with van der Waals surface area (Å²) >= 11 is 0. The average Bonchev–Trinajstić information content (AvgIpc) is 2.76. The van der Waals surface area contributed by atoms with Crippen LogP contribution in [0.4, 0.5) is 10.1 Å². The number of nitrogens with one attached hydrogen (secondary N) is 1. The fourth-order valence-electron chi connectivity index (χ4n) is 2.80. The number of anilines is 1. The fraction of sp³-hybridized carbons (Fsp3) is 0.0417. The van der Waals surface area contributed by atoms with Crippen molar-refractivity contribution in [2.24, 2.45) is 0 Å². The second-order valence-corrected chi connectivity index (χ2v) is 6.68. The number of ether oxygens (including phenoxy) is 1. The third kappa shape index (κ3) is 4.67. The van der Waals surface area contributed by atoms with E-state index in [0.717, 1.165) is 11.1 Å².